The number of fused-ring (bicyclic) bond motifs is 1. The van der Waals surface area contributed by atoms with Crippen molar-refractivity contribution in [2.75, 3.05) is 6.61 Å². The summed E-state index contributed by atoms with van der Waals surface area (Å²) in [5.41, 5.74) is 8.56. The van der Waals surface area contributed by atoms with Crippen molar-refractivity contribution in [1.82, 2.24) is 19.4 Å². The molecule has 4 aromatic rings. The normalized spacial score (nSPS) is 13.1. The van der Waals surface area contributed by atoms with Gasteiger partial charge in [-0.1, -0.05) is 5.21 Å². The molecule has 0 aliphatic rings. The second-order valence-corrected chi connectivity index (χ2v) is 7.97. The first-order valence-electron chi connectivity index (χ1n) is 10.6. The number of halogens is 4. The Labute approximate surface area is 197 Å². The third-order valence-electron chi connectivity index (χ3n) is 5.48. The number of hydrogen-bond donors (Lipinski definition) is 2. The van der Waals surface area contributed by atoms with Gasteiger partial charge in [0, 0.05) is 36.2 Å². The van der Waals surface area contributed by atoms with Crippen LogP contribution < -0.4 is 5.73 Å². The maximum Gasteiger partial charge on any atom is 0.397 e. The molecule has 0 bridgehead atoms. The maximum absolute atomic E-state index is 13.4. The van der Waals surface area contributed by atoms with Gasteiger partial charge in [-0.2, -0.15) is 13.2 Å². The second-order valence-electron chi connectivity index (χ2n) is 7.97. The van der Waals surface area contributed by atoms with Gasteiger partial charge in [-0.15, -0.1) is 5.10 Å². The molecule has 3 aromatic heterocycles. The van der Waals surface area contributed by atoms with Crippen LogP contribution in [0.2, 0.25) is 0 Å². The zero-order chi connectivity index (χ0) is 25.2. The van der Waals surface area contributed by atoms with Crippen molar-refractivity contribution in [3.05, 3.63) is 83.6 Å². The Morgan fingerprint density at radius 3 is 2.57 bits per heavy atom. The summed E-state index contributed by atoms with van der Waals surface area (Å²) in [6.07, 6.45) is 0.749. The molecule has 4 rings (SSSR count). The third kappa shape index (κ3) is 5.40. The van der Waals surface area contributed by atoms with Crippen LogP contribution in [0.3, 0.4) is 0 Å². The first kappa shape index (κ1) is 24.1. The molecule has 11 heteroatoms. The Morgan fingerprint density at radius 2 is 1.91 bits per heavy atom. The van der Waals surface area contributed by atoms with E-state index in [-0.39, 0.29) is 18.1 Å². The van der Waals surface area contributed by atoms with Crippen LogP contribution in [0.15, 0.2) is 60.9 Å². The Morgan fingerprint density at radius 1 is 1.17 bits per heavy atom. The molecule has 1 aromatic carbocycles. The number of pyridine rings is 1. The van der Waals surface area contributed by atoms with E-state index in [1.807, 2.05) is 16.5 Å². The molecule has 35 heavy (non-hydrogen) atoms. The highest BCUT2D eigenvalue weighted by Crippen LogP contribution is 2.36. The monoisotopic (exact) mass is 487 g/mol. The van der Waals surface area contributed by atoms with Gasteiger partial charge in [-0.25, -0.2) is 9.07 Å². The van der Waals surface area contributed by atoms with E-state index in [1.54, 1.807) is 30.5 Å². The molecule has 1 amide bonds. The van der Waals surface area contributed by atoms with Crippen molar-refractivity contribution < 1.29 is 27.5 Å². The number of primary amides is 1. The van der Waals surface area contributed by atoms with E-state index in [0.717, 1.165) is 11.1 Å². The van der Waals surface area contributed by atoms with E-state index < -0.39 is 31.0 Å². The van der Waals surface area contributed by atoms with Crippen molar-refractivity contribution in [2.24, 2.45) is 5.73 Å². The summed E-state index contributed by atoms with van der Waals surface area (Å²) < 4.78 is 56.4. The molecule has 182 valence electrons. The standard InChI is InChI=1S/C24H21F4N5O2/c25-18-4-1-16(2-5-18)23-17(3-6-22(29)35)12-19-11-15(7-9-33(19)23)13-32-14-21(30-31-32)20(8-10-34)24(26,27)28/h1-7,9,11-12,14,20,34H,8,10,13H2,(H2,29,35)/b6-3+. The van der Waals surface area contributed by atoms with Gasteiger partial charge in [0.25, 0.3) is 0 Å². The number of rotatable bonds is 8. The van der Waals surface area contributed by atoms with Crippen LogP contribution in [0.1, 0.15) is 29.2 Å². The fourth-order valence-corrected chi connectivity index (χ4v) is 3.90. The zero-order valence-electron chi connectivity index (χ0n) is 18.3. The van der Waals surface area contributed by atoms with Gasteiger partial charge in [-0.05, 0) is 66.1 Å². The molecule has 0 aliphatic heterocycles. The lowest BCUT2D eigenvalue weighted by Gasteiger charge is -2.16. The molecule has 0 spiro atoms. The van der Waals surface area contributed by atoms with E-state index in [9.17, 15) is 22.4 Å². The van der Waals surface area contributed by atoms with E-state index in [4.69, 9.17) is 10.8 Å². The number of aliphatic hydroxyl groups is 1. The van der Waals surface area contributed by atoms with E-state index in [1.165, 1.54) is 29.1 Å². The molecule has 0 saturated carbocycles. The van der Waals surface area contributed by atoms with E-state index in [0.29, 0.717) is 16.8 Å². The fraction of sp³-hybridized carbons (Fsp3) is 0.208. The van der Waals surface area contributed by atoms with Gasteiger partial charge in [-0.3, -0.25) is 4.79 Å². The first-order valence-corrected chi connectivity index (χ1v) is 10.6. The third-order valence-corrected chi connectivity index (χ3v) is 5.48. The molecule has 7 nitrogen and oxygen atoms in total. The smallest absolute Gasteiger partial charge is 0.396 e. The highest BCUT2D eigenvalue weighted by Gasteiger charge is 2.42. The lowest BCUT2D eigenvalue weighted by atomic mass is 10.0. The largest absolute Gasteiger partial charge is 0.397 e. The number of nitrogens with two attached hydrogens (primary N) is 1. The summed E-state index contributed by atoms with van der Waals surface area (Å²) in [6, 6.07) is 11.3. The van der Waals surface area contributed by atoms with Crippen LogP contribution in [-0.2, 0) is 11.3 Å². The lowest BCUT2D eigenvalue weighted by molar-refractivity contribution is -0.154. The molecular formula is C24H21F4N5O2. The fourth-order valence-electron chi connectivity index (χ4n) is 3.90. The number of aromatic nitrogens is 4. The van der Waals surface area contributed by atoms with Crippen LogP contribution in [0, 0.1) is 5.82 Å². The molecule has 1 atom stereocenters. The molecule has 0 fully saturated rings. The number of amides is 1. The second kappa shape index (κ2) is 9.71. The van der Waals surface area contributed by atoms with Gasteiger partial charge in [0.2, 0.25) is 5.91 Å². The predicted octanol–water partition coefficient (Wildman–Crippen LogP) is 3.91. The first-order chi connectivity index (χ1) is 16.7. The lowest BCUT2D eigenvalue weighted by Crippen LogP contribution is -2.22. The number of carbonyl (C=O) groups excluding carboxylic acids is 1. The topological polar surface area (TPSA) is 98.4 Å². The van der Waals surface area contributed by atoms with Gasteiger partial charge in [0.1, 0.15) is 11.7 Å². The number of alkyl halides is 3. The molecule has 3 N–H and O–H groups in total. The Balaban J connectivity index is 1.68. The minimum Gasteiger partial charge on any atom is -0.396 e. The Bertz CT molecular complexity index is 1370. The Hall–Kier alpha value is -3.99. The van der Waals surface area contributed by atoms with Crippen LogP contribution in [0.5, 0.6) is 0 Å². The van der Waals surface area contributed by atoms with E-state index in [2.05, 4.69) is 10.3 Å². The predicted molar refractivity (Wildman–Crippen MR) is 121 cm³/mol. The maximum atomic E-state index is 13.4. The number of benzene rings is 1. The number of hydrogen-bond acceptors (Lipinski definition) is 4. The van der Waals surface area contributed by atoms with Crippen molar-refractivity contribution in [3.8, 4) is 11.3 Å². The number of carbonyl (C=O) groups is 1. The van der Waals surface area contributed by atoms with Crippen molar-refractivity contribution in [1.29, 1.82) is 0 Å². The average Bonchev–Trinajstić information content (AvgIpc) is 3.39. The molecule has 0 radical (unpaired) electrons. The Kier molecular flexibility index (Phi) is 6.70. The molecule has 0 saturated heterocycles. The van der Waals surface area contributed by atoms with Crippen LogP contribution in [0.4, 0.5) is 17.6 Å². The van der Waals surface area contributed by atoms with E-state index >= 15 is 0 Å². The van der Waals surface area contributed by atoms with Gasteiger partial charge in [0.15, 0.2) is 0 Å². The van der Waals surface area contributed by atoms with Gasteiger partial charge in [0.05, 0.1) is 17.9 Å². The molecule has 3 heterocycles. The summed E-state index contributed by atoms with van der Waals surface area (Å²) in [4.78, 5) is 11.3. The van der Waals surface area contributed by atoms with Gasteiger partial charge >= 0.3 is 6.18 Å². The minimum absolute atomic E-state index is 0.163. The van der Waals surface area contributed by atoms with Crippen LogP contribution >= 0.6 is 0 Å². The quantitative estimate of drug-likeness (QED) is 0.291. The van der Waals surface area contributed by atoms with Crippen molar-refractivity contribution >= 4 is 17.5 Å². The SMILES string of the molecule is NC(=O)/C=C/c1cc2cc(Cn3cc(C(CCO)C(F)(F)F)nn3)ccn2c1-c1ccc(F)cc1. The number of nitrogens with zero attached hydrogens (tertiary/aromatic N) is 4. The van der Waals surface area contributed by atoms with Crippen LogP contribution in [0.25, 0.3) is 22.9 Å². The highest BCUT2D eigenvalue weighted by atomic mass is 19.4. The van der Waals surface area contributed by atoms with Gasteiger partial charge < -0.3 is 15.2 Å². The summed E-state index contributed by atoms with van der Waals surface area (Å²) in [5, 5.41) is 16.5. The average molecular weight is 487 g/mol. The molecule has 1 unspecified atom stereocenters. The summed E-state index contributed by atoms with van der Waals surface area (Å²) in [5.74, 6) is -2.90. The highest BCUT2D eigenvalue weighted by molar-refractivity contribution is 5.92. The number of aliphatic hydroxyl groups excluding tert-OH is 1. The summed E-state index contributed by atoms with van der Waals surface area (Å²) in [6.45, 7) is -0.457. The summed E-state index contributed by atoms with van der Waals surface area (Å²) in [7, 11) is 0. The molecule has 0 aliphatic carbocycles. The van der Waals surface area contributed by atoms with Crippen molar-refractivity contribution in [2.45, 2.75) is 25.1 Å². The zero-order valence-corrected chi connectivity index (χ0v) is 18.3. The molecular weight excluding hydrogens is 466 g/mol. The van der Waals surface area contributed by atoms with Crippen molar-refractivity contribution in [3.63, 3.8) is 0 Å². The van der Waals surface area contributed by atoms with Crippen LogP contribution in [-0.4, -0.2) is 43.2 Å². The summed E-state index contributed by atoms with van der Waals surface area (Å²) >= 11 is 0. The minimum atomic E-state index is -4.54.